The molecule has 0 atom stereocenters. The Kier molecular flexibility index (Phi) is 3.67. The molecule has 2 aromatic carbocycles. The zero-order valence-corrected chi connectivity index (χ0v) is 12.4. The first-order chi connectivity index (χ1) is 10.5. The summed E-state index contributed by atoms with van der Waals surface area (Å²) >= 11 is 0. The topological polar surface area (TPSA) is 57.6 Å². The Hall–Kier alpha value is -2.62. The Morgan fingerprint density at radius 1 is 1.09 bits per heavy atom. The Bertz CT molecular complexity index is 734. The highest BCUT2D eigenvalue weighted by Crippen LogP contribution is 2.29. The van der Waals surface area contributed by atoms with E-state index in [-0.39, 0.29) is 11.5 Å². The van der Waals surface area contributed by atoms with Crippen LogP contribution < -0.4 is 4.90 Å². The molecule has 0 saturated carbocycles. The standard InChI is InChI=1S/C18H17NO3/c1-12-4-6-13(7-5-12)14-9-15(18(21)22)11-16(10-14)19-8-2-3-17(19)20/h4-7,9-11H,2-3,8H2,1H3,(H,21,22). The van der Waals surface area contributed by atoms with E-state index < -0.39 is 5.97 Å². The number of hydrogen-bond acceptors (Lipinski definition) is 2. The summed E-state index contributed by atoms with van der Waals surface area (Å²) in [6.07, 6.45) is 1.34. The number of carbonyl (C=O) groups is 2. The molecule has 4 nitrogen and oxygen atoms in total. The lowest BCUT2D eigenvalue weighted by atomic mass is 10.0. The number of hydrogen-bond donors (Lipinski definition) is 1. The quantitative estimate of drug-likeness (QED) is 0.943. The van der Waals surface area contributed by atoms with E-state index in [0.29, 0.717) is 18.7 Å². The Morgan fingerprint density at radius 3 is 2.41 bits per heavy atom. The molecule has 112 valence electrons. The van der Waals surface area contributed by atoms with Gasteiger partial charge in [0.25, 0.3) is 0 Å². The van der Waals surface area contributed by atoms with Gasteiger partial charge in [0.2, 0.25) is 5.91 Å². The lowest BCUT2D eigenvalue weighted by Crippen LogP contribution is -2.24. The van der Waals surface area contributed by atoms with E-state index in [1.54, 1.807) is 17.0 Å². The smallest absolute Gasteiger partial charge is 0.335 e. The van der Waals surface area contributed by atoms with Gasteiger partial charge in [0.1, 0.15) is 0 Å². The van der Waals surface area contributed by atoms with Gasteiger partial charge >= 0.3 is 5.97 Å². The molecular formula is C18H17NO3. The van der Waals surface area contributed by atoms with Gasteiger partial charge < -0.3 is 10.0 Å². The Balaban J connectivity index is 2.09. The van der Waals surface area contributed by atoms with Crippen molar-refractivity contribution in [2.45, 2.75) is 19.8 Å². The van der Waals surface area contributed by atoms with E-state index in [9.17, 15) is 14.7 Å². The van der Waals surface area contributed by atoms with Gasteiger partial charge in [-0.15, -0.1) is 0 Å². The molecule has 0 aliphatic carbocycles. The van der Waals surface area contributed by atoms with Crippen LogP contribution in [0.3, 0.4) is 0 Å². The molecule has 1 N–H and O–H groups in total. The molecule has 1 aliphatic heterocycles. The summed E-state index contributed by atoms with van der Waals surface area (Å²) in [5.74, 6) is -0.931. The first-order valence-electron chi connectivity index (χ1n) is 7.30. The van der Waals surface area contributed by atoms with Crippen molar-refractivity contribution in [1.82, 2.24) is 0 Å². The number of rotatable bonds is 3. The number of carbonyl (C=O) groups excluding carboxylic acids is 1. The number of carboxylic acid groups (broad SMARTS) is 1. The summed E-state index contributed by atoms with van der Waals surface area (Å²) in [7, 11) is 0. The molecule has 0 spiro atoms. The SMILES string of the molecule is Cc1ccc(-c2cc(C(=O)O)cc(N3CCCC3=O)c2)cc1. The molecule has 0 radical (unpaired) electrons. The predicted octanol–water partition coefficient (Wildman–Crippen LogP) is 3.49. The molecule has 0 bridgehead atoms. The summed E-state index contributed by atoms with van der Waals surface area (Å²) < 4.78 is 0. The third-order valence-corrected chi connectivity index (χ3v) is 3.93. The molecule has 4 heteroatoms. The molecule has 22 heavy (non-hydrogen) atoms. The van der Waals surface area contributed by atoms with Crippen LogP contribution >= 0.6 is 0 Å². The van der Waals surface area contributed by atoms with Crippen molar-refractivity contribution in [3.05, 3.63) is 53.6 Å². The number of anilines is 1. The van der Waals surface area contributed by atoms with Gasteiger partial charge in [-0.3, -0.25) is 4.79 Å². The van der Waals surface area contributed by atoms with Gasteiger partial charge in [0.05, 0.1) is 5.56 Å². The normalized spacial score (nSPS) is 14.4. The molecule has 1 saturated heterocycles. The van der Waals surface area contributed by atoms with Crippen LogP contribution in [0.2, 0.25) is 0 Å². The lowest BCUT2D eigenvalue weighted by Gasteiger charge is -2.18. The van der Waals surface area contributed by atoms with Crippen molar-refractivity contribution in [2.24, 2.45) is 0 Å². The highest BCUT2D eigenvalue weighted by Gasteiger charge is 2.23. The highest BCUT2D eigenvalue weighted by molar-refractivity contribution is 5.98. The van der Waals surface area contributed by atoms with Crippen molar-refractivity contribution in [2.75, 3.05) is 11.4 Å². The number of amides is 1. The second-order valence-corrected chi connectivity index (χ2v) is 5.59. The minimum Gasteiger partial charge on any atom is -0.478 e. The van der Waals surface area contributed by atoms with Crippen LogP contribution in [0.15, 0.2) is 42.5 Å². The number of aromatic carboxylic acids is 1. The largest absolute Gasteiger partial charge is 0.478 e. The van der Waals surface area contributed by atoms with Crippen LogP contribution in [0.4, 0.5) is 5.69 Å². The summed E-state index contributed by atoms with van der Waals surface area (Å²) in [5.41, 5.74) is 3.77. The van der Waals surface area contributed by atoms with Crippen LogP contribution in [0, 0.1) is 6.92 Å². The molecule has 3 rings (SSSR count). The van der Waals surface area contributed by atoms with E-state index in [0.717, 1.165) is 23.1 Å². The third-order valence-electron chi connectivity index (χ3n) is 3.93. The van der Waals surface area contributed by atoms with Gasteiger partial charge in [0.15, 0.2) is 0 Å². The third kappa shape index (κ3) is 2.72. The van der Waals surface area contributed by atoms with E-state index in [1.807, 2.05) is 37.3 Å². The zero-order chi connectivity index (χ0) is 15.7. The molecule has 0 unspecified atom stereocenters. The fourth-order valence-corrected chi connectivity index (χ4v) is 2.72. The summed E-state index contributed by atoms with van der Waals surface area (Å²) in [6.45, 7) is 2.65. The Labute approximate surface area is 129 Å². The maximum Gasteiger partial charge on any atom is 0.335 e. The van der Waals surface area contributed by atoms with Gasteiger partial charge in [-0.2, -0.15) is 0 Å². The molecule has 1 heterocycles. The fourth-order valence-electron chi connectivity index (χ4n) is 2.72. The number of carboxylic acids is 1. The van der Waals surface area contributed by atoms with Crippen molar-refractivity contribution < 1.29 is 14.7 Å². The minimum absolute atomic E-state index is 0.0531. The average Bonchev–Trinajstić information content (AvgIpc) is 2.93. The van der Waals surface area contributed by atoms with Crippen LogP contribution in [0.25, 0.3) is 11.1 Å². The predicted molar refractivity (Wildman–Crippen MR) is 85.2 cm³/mol. The number of aryl methyl sites for hydroxylation is 1. The van der Waals surface area contributed by atoms with Crippen molar-refractivity contribution in [1.29, 1.82) is 0 Å². The van der Waals surface area contributed by atoms with Crippen molar-refractivity contribution >= 4 is 17.6 Å². The Morgan fingerprint density at radius 2 is 1.82 bits per heavy atom. The molecule has 1 aliphatic rings. The van der Waals surface area contributed by atoms with Gasteiger partial charge in [-0.1, -0.05) is 29.8 Å². The van der Waals surface area contributed by atoms with Crippen LogP contribution in [0.5, 0.6) is 0 Å². The maximum absolute atomic E-state index is 11.9. The van der Waals surface area contributed by atoms with E-state index >= 15 is 0 Å². The maximum atomic E-state index is 11.9. The van der Waals surface area contributed by atoms with E-state index in [1.165, 1.54) is 0 Å². The van der Waals surface area contributed by atoms with Gasteiger partial charge in [-0.05, 0) is 42.7 Å². The average molecular weight is 295 g/mol. The highest BCUT2D eigenvalue weighted by atomic mass is 16.4. The summed E-state index contributed by atoms with van der Waals surface area (Å²) in [5, 5.41) is 9.33. The molecule has 2 aromatic rings. The lowest BCUT2D eigenvalue weighted by molar-refractivity contribution is -0.117. The summed E-state index contributed by atoms with van der Waals surface area (Å²) in [6, 6.07) is 13.0. The zero-order valence-electron chi connectivity index (χ0n) is 12.4. The number of nitrogens with zero attached hydrogens (tertiary/aromatic N) is 1. The van der Waals surface area contributed by atoms with Crippen LogP contribution in [0.1, 0.15) is 28.8 Å². The van der Waals surface area contributed by atoms with Gasteiger partial charge in [-0.25, -0.2) is 4.79 Å². The van der Waals surface area contributed by atoms with E-state index in [2.05, 4.69) is 0 Å². The second kappa shape index (κ2) is 5.64. The van der Waals surface area contributed by atoms with E-state index in [4.69, 9.17) is 0 Å². The first kappa shape index (κ1) is 14.3. The fraction of sp³-hybridized carbons (Fsp3) is 0.222. The van der Waals surface area contributed by atoms with Crippen molar-refractivity contribution in [3.8, 4) is 11.1 Å². The monoisotopic (exact) mass is 295 g/mol. The van der Waals surface area contributed by atoms with Crippen LogP contribution in [-0.4, -0.2) is 23.5 Å². The van der Waals surface area contributed by atoms with Gasteiger partial charge in [0, 0.05) is 18.7 Å². The number of benzene rings is 2. The molecular weight excluding hydrogens is 278 g/mol. The summed E-state index contributed by atoms with van der Waals surface area (Å²) in [4.78, 5) is 25.0. The van der Waals surface area contributed by atoms with Crippen molar-refractivity contribution in [3.63, 3.8) is 0 Å². The second-order valence-electron chi connectivity index (χ2n) is 5.59. The molecule has 1 amide bonds. The minimum atomic E-state index is -0.984. The molecule has 0 aromatic heterocycles. The molecule has 1 fully saturated rings. The van der Waals surface area contributed by atoms with Crippen LogP contribution in [-0.2, 0) is 4.79 Å². The first-order valence-corrected chi connectivity index (χ1v) is 7.30.